The first kappa shape index (κ1) is 13.3. The molecule has 0 aliphatic carbocycles. The largest absolute Gasteiger partial charge is 0.354 e. The molecular formula is C13H19N5O. The van der Waals surface area contributed by atoms with Crippen LogP contribution in [0.2, 0.25) is 0 Å². The first-order valence-corrected chi connectivity index (χ1v) is 6.42. The lowest BCUT2D eigenvalue weighted by atomic mass is 10.3. The van der Waals surface area contributed by atoms with Gasteiger partial charge in [-0.1, -0.05) is 6.07 Å². The molecule has 0 atom stereocenters. The van der Waals surface area contributed by atoms with Gasteiger partial charge in [0.05, 0.1) is 0 Å². The number of carbonyl (C=O) groups is 1. The van der Waals surface area contributed by atoms with Gasteiger partial charge in [0, 0.05) is 24.7 Å². The van der Waals surface area contributed by atoms with Crippen molar-refractivity contribution in [1.29, 1.82) is 0 Å². The minimum absolute atomic E-state index is 0.0300. The minimum atomic E-state index is 0.0300. The summed E-state index contributed by atoms with van der Waals surface area (Å²) in [6, 6.07) is 5.99. The Labute approximate surface area is 112 Å². The zero-order valence-corrected chi connectivity index (χ0v) is 11.5. The number of hydrogen-bond donors (Lipinski definition) is 2. The molecule has 0 radical (unpaired) electrons. The Bertz CT molecular complexity index is 575. The van der Waals surface area contributed by atoms with Crippen LogP contribution in [0.3, 0.4) is 0 Å². The lowest BCUT2D eigenvalue weighted by molar-refractivity contribution is -0.121. The molecule has 102 valence electrons. The highest BCUT2D eigenvalue weighted by molar-refractivity contribution is 5.76. The second-order valence-electron chi connectivity index (χ2n) is 4.77. The number of rotatable bonds is 5. The van der Waals surface area contributed by atoms with Crippen LogP contribution in [-0.2, 0) is 4.79 Å². The Morgan fingerprint density at radius 3 is 2.89 bits per heavy atom. The Morgan fingerprint density at radius 1 is 1.42 bits per heavy atom. The molecule has 6 heteroatoms. The fraction of sp³-hybridized carbons (Fsp3) is 0.462. The van der Waals surface area contributed by atoms with E-state index < -0.39 is 0 Å². The van der Waals surface area contributed by atoms with Crippen molar-refractivity contribution in [2.75, 3.05) is 11.9 Å². The zero-order chi connectivity index (χ0) is 13.8. The highest BCUT2D eigenvalue weighted by Gasteiger charge is 2.06. The van der Waals surface area contributed by atoms with E-state index in [1.165, 1.54) is 0 Å². The standard InChI is InChI=1S/C13H19N5O/c1-9(2)15-12(19)7-8-14-13-16-11-6-4-5-10(3)18(11)17-13/h4-6,9H,7-8H2,1-3H3,(H,14,17)(H,15,19). The average Bonchev–Trinajstić information content (AvgIpc) is 2.72. The number of pyridine rings is 1. The lowest BCUT2D eigenvalue weighted by Crippen LogP contribution is -2.31. The molecule has 0 fully saturated rings. The fourth-order valence-electron chi connectivity index (χ4n) is 1.79. The summed E-state index contributed by atoms with van der Waals surface area (Å²) in [5, 5.41) is 10.2. The Hall–Kier alpha value is -2.11. The van der Waals surface area contributed by atoms with Gasteiger partial charge in [0.1, 0.15) is 0 Å². The molecule has 0 spiro atoms. The van der Waals surface area contributed by atoms with Crippen LogP contribution in [0.15, 0.2) is 18.2 Å². The Balaban J connectivity index is 1.92. The third-order valence-corrected chi connectivity index (χ3v) is 2.63. The summed E-state index contributed by atoms with van der Waals surface area (Å²) in [6.07, 6.45) is 0.409. The van der Waals surface area contributed by atoms with Gasteiger partial charge in [0.15, 0.2) is 5.65 Å². The molecule has 0 aliphatic rings. The number of amides is 1. The second kappa shape index (κ2) is 5.69. The number of anilines is 1. The number of aromatic nitrogens is 3. The van der Waals surface area contributed by atoms with Gasteiger partial charge >= 0.3 is 0 Å². The average molecular weight is 261 g/mol. The fourth-order valence-corrected chi connectivity index (χ4v) is 1.79. The van der Waals surface area contributed by atoms with Crippen molar-refractivity contribution in [2.24, 2.45) is 0 Å². The van der Waals surface area contributed by atoms with Gasteiger partial charge in [-0.15, -0.1) is 5.10 Å². The molecule has 0 saturated carbocycles. The maximum absolute atomic E-state index is 11.5. The van der Waals surface area contributed by atoms with E-state index in [-0.39, 0.29) is 11.9 Å². The Kier molecular flexibility index (Phi) is 3.99. The molecule has 0 unspecified atom stereocenters. The minimum Gasteiger partial charge on any atom is -0.354 e. The number of nitrogens with zero attached hydrogens (tertiary/aromatic N) is 3. The predicted octanol–water partition coefficient (Wildman–Crippen LogP) is 1.36. The monoisotopic (exact) mass is 261 g/mol. The van der Waals surface area contributed by atoms with Gasteiger partial charge in [-0.2, -0.15) is 4.98 Å². The van der Waals surface area contributed by atoms with Crippen molar-refractivity contribution in [1.82, 2.24) is 19.9 Å². The van der Waals surface area contributed by atoms with Crippen LogP contribution < -0.4 is 10.6 Å². The van der Waals surface area contributed by atoms with Crippen molar-refractivity contribution >= 4 is 17.5 Å². The number of carbonyl (C=O) groups excluding carboxylic acids is 1. The number of hydrogen-bond acceptors (Lipinski definition) is 4. The summed E-state index contributed by atoms with van der Waals surface area (Å²) in [4.78, 5) is 15.8. The van der Waals surface area contributed by atoms with Crippen molar-refractivity contribution < 1.29 is 4.79 Å². The van der Waals surface area contributed by atoms with E-state index in [9.17, 15) is 4.79 Å². The van der Waals surface area contributed by atoms with Crippen LogP contribution in [0.5, 0.6) is 0 Å². The zero-order valence-electron chi connectivity index (χ0n) is 11.5. The topological polar surface area (TPSA) is 71.3 Å². The van der Waals surface area contributed by atoms with Gasteiger partial charge in [0.25, 0.3) is 0 Å². The van der Waals surface area contributed by atoms with Crippen LogP contribution in [-0.4, -0.2) is 33.1 Å². The molecule has 2 aromatic rings. The van der Waals surface area contributed by atoms with Crippen molar-refractivity contribution in [2.45, 2.75) is 33.2 Å². The number of aryl methyl sites for hydroxylation is 1. The molecule has 2 N–H and O–H groups in total. The van der Waals surface area contributed by atoms with Crippen molar-refractivity contribution in [3.63, 3.8) is 0 Å². The number of fused-ring (bicyclic) bond motifs is 1. The van der Waals surface area contributed by atoms with Gasteiger partial charge in [-0.25, -0.2) is 4.52 Å². The molecule has 19 heavy (non-hydrogen) atoms. The van der Waals surface area contributed by atoms with Gasteiger partial charge in [-0.3, -0.25) is 4.79 Å². The predicted molar refractivity (Wildman–Crippen MR) is 74.1 cm³/mol. The van der Waals surface area contributed by atoms with Gasteiger partial charge in [-0.05, 0) is 32.9 Å². The molecule has 2 rings (SSSR count). The van der Waals surface area contributed by atoms with Crippen LogP contribution in [0, 0.1) is 6.92 Å². The van der Waals surface area contributed by atoms with Crippen LogP contribution in [0.1, 0.15) is 26.0 Å². The highest BCUT2D eigenvalue weighted by atomic mass is 16.1. The maximum atomic E-state index is 11.5. The molecule has 0 aliphatic heterocycles. The van der Waals surface area contributed by atoms with Crippen LogP contribution in [0.4, 0.5) is 5.95 Å². The molecule has 2 heterocycles. The first-order valence-electron chi connectivity index (χ1n) is 6.42. The maximum Gasteiger partial charge on any atom is 0.243 e. The van der Waals surface area contributed by atoms with E-state index in [1.54, 1.807) is 4.52 Å². The second-order valence-corrected chi connectivity index (χ2v) is 4.77. The number of nitrogens with one attached hydrogen (secondary N) is 2. The van der Waals surface area contributed by atoms with E-state index in [0.29, 0.717) is 18.9 Å². The quantitative estimate of drug-likeness (QED) is 0.852. The smallest absolute Gasteiger partial charge is 0.243 e. The molecule has 0 aromatic carbocycles. The third-order valence-electron chi connectivity index (χ3n) is 2.63. The molecule has 1 amide bonds. The van der Waals surface area contributed by atoms with Crippen LogP contribution >= 0.6 is 0 Å². The van der Waals surface area contributed by atoms with E-state index in [1.807, 2.05) is 39.0 Å². The van der Waals surface area contributed by atoms with Crippen LogP contribution in [0.25, 0.3) is 5.65 Å². The van der Waals surface area contributed by atoms with Gasteiger partial charge in [0.2, 0.25) is 11.9 Å². The third kappa shape index (κ3) is 3.43. The van der Waals surface area contributed by atoms with E-state index in [0.717, 1.165) is 11.3 Å². The molecule has 0 bridgehead atoms. The molecule has 2 aromatic heterocycles. The summed E-state index contributed by atoms with van der Waals surface area (Å²) < 4.78 is 1.77. The highest BCUT2D eigenvalue weighted by Crippen LogP contribution is 2.07. The Morgan fingerprint density at radius 2 is 2.21 bits per heavy atom. The summed E-state index contributed by atoms with van der Waals surface area (Å²) in [7, 11) is 0. The summed E-state index contributed by atoms with van der Waals surface area (Å²) in [5.41, 5.74) is 1.82. The normalized spacial score (nSPS) is 10.9. The summed E-state index contributed by atoms with van der Waals surface area (Å²) in [6.45, 7) is 6.38. The molecular weight excluding hydrogens is 242 g/mol. The SMILES string of the molecule is Cc1cccc2nc(NCCC(=O)NC(C)C)nn12. The lowest BCUT2D eigenvalue weighted by Gasteiger charge is -2.07. The first-order chi connectivity index (χ1) is 9.06. The molecule has 0 saturated heterocycles. The van der Waals surface area contributed by atoms with E-state index >= 15 is 0 Å². The summed E-state index contributed by atoms with van der Waals surface area (Å²) in [5.74, 6) is 0.578. The van der Waals surface area contributed by atoms with Gasteiger partial charge < -0.3 is 10.6 Å². The van der Waals surface area contributed by atoms with E-state index in [4.69, 9.17) is 0 Å². The van der Waals surface area contributed by atoms with Crippen molar-refractivity contribution in [3.8, 4) is 0 Å². The van der Waals surface area contributed by atoms with Crippen molar-refractivity contribution in [3.05, 3.63) is 23.9 Å². The molecule has 6 nitrogen and oxygen atoms in total. The summed E-state index contributed by atoms with van der Waals surface area (Å²) >= 11 is 0. The van der Waals surface area contributed by atoms with E-state index in [2.05, 4.69) is 20.7 Å².